The van der Waals surface area contributed by atoms with E-state index in [-0.39, 0.29) is 11.8 Å². The SMILES string of the molecule is CCn1cc(-c2ccc3nc(NC(=O)C4CCN(C#N)C4)sc3c2)cn1. The van der Waals surface area contributed by atoms with E-state index >= 15 is 0 Å². The second kappa shape index (κ2) is 6.77. The summed E-state index contributed by atoms with van der Waals surface area (Å²) < 4.78 is 2.91. The molecule has 0 aliphatic carbocycles. The van der Waals surface area contributed by atoms with Gasteiger partial charge in [-0.1, -0.05) is 17.4 Å². The summed E-state index contributed by atoms with van der Waals surface area (Å²) in [7, 11) is 0. The molecule has 1 saturated heterocycles. The molecule has 0 bridgehead atoms. The Hall–Kier alpha value is -2.92. The van der Waals surface area contributed by atoms with E-state index in [4.69, 9.17) is 5.26 Å². The molecule has 3 heterocycles. The van der Waals surface area contributed by atoms with Gasteiger partial charge >= 0.3 is 0 Å². The number of hydrogen-bond acceptors (Lipinski definition) is 6. The van der Waals surface area contributed by atoms with Crippen LogP contribution in [0.3, 0.4) is 0 Å². The van der Waals surface area contributed by atoms with E-state index in [0.717, 1.165) is 27.9 Å². The minimum absolute atomic E-state index is 0.0637. The standard InChI is InChI=1S/C18H18N6OS/c1-2-24-10-14(8-20-24)12-3-4-15-16(7-12)26-18(21-15)22-17(25)13-5-6-23(9-13)11-19/h3-4,7-8,10,13H,2,5-6,9H2,1H3,(H,21,22,25). The molecule has 3 aromatic rings. The van der Waals surface area contributed by atoms with Gasteiger partial charge in [-0.15, -0.1) is 0 Å². The third-order valence-electron chi connectivity index (χ3n) is 4.61. The lowest BCUT2D eigenvalue weighted by molar-refractivity contribution is -0.119. The smallest absolute Gasteiger partial charge is 0.231 e. The first-order valence-electron chi connectivity index (χ1n) is 8.55. The molecule has 1 N–H and O–H groups in total. The molecule has 132 valence electrons. The minimum atomic E-state index is -0.155. The zero-order valence-corrected chi connectivity index (χ0v) is 15.2. The quantitative estimate of drug-likeness (QED) is 0.718. The van der Waals surface area contributed by atoms with Crippen molar-refractivity contribution in [1.29, 1.82) is 5.26 Å². The Balaban J connectivity index is 1.52. The largest absolute Gasteiger partial charge is 0.310 e. The van der Waals surface area contributed by atoms with E-state index in [1.807, 2.05) is 29.2 Å². The molecule has 0 spiro atoms. The number of aryl methyl sites for hydroxylation is 1. The first-order chi connectivity index (χ1) is 12.7. The lowest BCUT2D eigenvalue weighted by atomic mass is 10.1. The summed E-state index contributed by atoms with van der Waals surface area (Å²) in [6.07, 6.45) is 6.68. The molecule has 1 aromatic carbocycles. The van der Waals surface area contributed by atoms with Gasteiger partial charge in [-0.3, -0.25) is 9.48 Å². The number of thiazole rings is 1. The molecule has 0 radical (unpaired) electrons. The van der Waals surface area contributed by atoms with Gasteiger partial charge in [0.2, 0.25) is 5.91 Å². The molecule has 26 heavy (non-hydrogen) atoms. The highest BCUT2D eigenvalue weighted by atomic mass is 32.1. The van der Waals surface area contributed by atoms with Crippen LogP contribution in [0.15, 0.2) is 30.6 Å². The Morgan fingerprint density at radius 2 is 2.35 bits per heavy atom. The second-order valence-corrected chi connectivity index (χ2v) is 7.34. The molecular formula is C18H18N6OS. The maximum absolute atomic E-state index is 12.4. The van der Waals surface area contributed by atoms with Crippen molar-refractivity contribution in [2.24, 2.45) is 5.92 Å². The van der Waals surface area contributed by atoms with Crippen LogP contribution in [0.1, 0.15) is 13.3 Å². The number of fused-ring (bicyclic) bond motifs is 1. The van der Waals surface area contributed by atoms with Crippen molar-refractivity contribution in [3.8, 4) is 17.3 Å². The van der Waals surface area contributed by atoms with Crippen LogP contribution in [-0.2, 0) is 11.3 Å². The average molecular weight is 366 g/mol. The van der Waals surface area contributed by atoms with Gasteiger partial charge in [0, 0.05) is 31.4 Å². The van der Waals surface area contributed by atoms with Crippen LogP contribution in [0.2, 0.25) is 0 Å². The monoisotopic (exact) mass is 366 g/mol. The molecule has 1 atom stereocenters. The van der Waals surface area contributed by atoms with Gasteiger partial charge in [-0.05, 0) is 31.0 Å². The summed E-state index contributed by atoms with van der Waals surface area (Å²) in [5, 5.41) is 16.7. The van der Waals surface area contributed by atoms with Crippen molar-refractivity contribution in [2.45, 2.75) is 19.9 Å². The van der Waals surface area contributed by atoms with Crippen LogP contribution in [0.5, 0.6) is 0 Å². The third kappa shape index (κ3) is 3.13. The number of nitriles is 1. The summed E-state index contributed by atoms with van der Waals surface area (Å²) >= 11 is 1.46. The maximum Gasteiger partial charge on any atom is 0.231 e. The van der Waals surface area contributed by atoms with Gasteiger partial charge < -0.3 is 10.2 Å². The molecule has 1 fully saturated rings. The molecule has 1 amide bonds. The molecule has 4 rings (SSSR count). The molecule has 1 aliphatic rings. The Morgan fingerprint density at radius 1 is 1.46 bits per heavy atom. The van der Waals surface area contributed by atoms with Gasteiger partial charge in [-0.2, -0.15) is 10.4 Å². The Labute approximate surface area is 154 Å². The number of carbonyl (C=O) groups excluding carboxylic acids is 1. The summed E-state index contributed by atoms with van der Waals surface area (Å²) in [5.41, 5.74) is 3.01. The van der Waals surface area contributed by atoms with Crippen LogP contribution in [0.25, 0.3) is 21.3 Å². The predicted molar refractivity (Wildman–Crippen MR) is 100 cm³/mol. The third-order valence-corrected chi connectivity index (χ3v) is 5.54. The number of rotatable bonds is 4. The van der Waals surface area contributed by atoms with E-state index in [2.05, 4.69) is 34.6 Å². The number of nitrogens with zero attached hydrogens (tertiary/aromatic N) is 5. The number of hydrogen-bond donors (Lipinski definition) is 1. The van der Waals surface area contributed by atoms with Gasteiger partial charge in [0.25, 0.3) is 0 Å². The fraction of sp³-hybridized carbons (Fsp3) is 0.333. The van der Waals surface area contributed by atoms with Gasteiger partial charge in [-0.25, -0.2) is 4.98 Å². The Morgan fingerprint density at radius 3 is 3.08 bits per heavy atom. The fourth-order valence-electron chi connectivity index (χ4n) is 3.12. The maximum atomic E-state index is 12.4. The lowest BCUT2D eigenvalue weighted by Gasteiger charge is -2.08. The number of likely N-dealkylation sites (tertiary alicyclic amines) is 1. The van der Waals surface area contributed by atoms with Crippen molar-refractivity contribution in [2.75, 3.05) is 18.4 Å². The molecule has 0 saturated carbocycles. The summed E-state index contributed by atoms with van der Waals surface area (Å²) in [6, 6.07) is 6.06. The zero-order chi connectivity index (χ0) is 18.1. The van der Waals surface area contributed by atoms with Crippen molar-refractivity contribution >= 4 is 32.6 Å². The zero-order valence-electron chi connectivity index (χ0n) is 14.3. The predicted octanol–water partition coefficient (Wildman–Crippen LogP) is 2.92. The molecule has 1 unspecified atom stereocenters. The van der Waals surface area contributed by atoms with E-state index in [1.54, 1.807) is 4.90 Å². The number of anilines is 1. The van der Waals surface area contributed by atoms with E-state index in [9.17, 15) is 4.79 Å². The van der Waals surface area contributed by atoms with Crippen molar-refractivity contribution in [3.63, 3.8) is 0 Å². The van der Waals surface area contributed by atoms with Crippen molar-refractivity contribution < 1.29 is 4.79 Å². The van der Waals surface area contributed by atoms with E-state index in [1.165, 1.54) is 11.3 Å². The number of amides is 1. The fourth-order valence-corrected chi connectivity index (χ4v) is 4.02. The van der Waals surface area contributed by atoms with E-state index < -0.39 is 0 Å². The highest BCUT2D eigenvalue weighted by Crippen LogP contribution is 2.31. The second-order valence-electron chi connectivity index (χ2n) is 6.31. The van der Waals surface area contributed by atoms with E-state index in [0.29, 0.717) is 24.6 Å². The number of nitrogens with one attached hydrogen (secondary N) is 1. The first kappa shape index (κ1) is 16.5. The molecule has 1 aliphatic heterocycles. The summed E-state index contributed by atoms with van der Waals surface area (Å²) in [4.78, 5) is 18.5. The molecular weight excluding hydrogens is 348 g/mol. The Kier molecular flexibility index (Phi) is 4.31. The molecule has 8 heteroatoms. The van der Waals surface area contributed by atoms with Gasteiger partial charge in [0.15, 0.2) is 11.3 Å². The number of carbonyl (C=O) groups is 1. The van der Waals surface area contributed by atoms with Crippen molar-refractivity contribution in [3.05, 3.63) is 30.6 Å². The average Bonchev–Trinajstić information content (AvgIpc) is 3.38. The van der Waals surface area contributed by atoms with Crippen LogP contribution < -0.4 is 5.32 Å². The number of aromatic nitrogens is 3. The molecule has 2 aromatic heterocycles. The van der Waals surface area contributed by atoms with Gasteiger partial charge in [0.1, 0.15) is 0 Å². The lowest BCUT2D eigenvalue weighted by Crippen LogP contribution is -2.25. The highest BCUT2D eigenvalue weighted by Gasteiger charge is 2.28. The first-order valence-corrected chi connectivity index (χ1v) is 9.37. The highest BCUT2D eigenvalue weighted by molar-refractivity contribution is 7.22. The van der Waals surface area contributed by atoms with Crippen LogP contribution in [-0.4, -0.2) is 38.7 Å². The number of benzene rings is 1. The van der Waals surface area contributed by atoms with Crippen LogP contribution in [0.4, 0.5) is 5.13 Å². The van der Waals surface area contributed by atoms with Crippen LogP contribution >= 0.6 is 11.3 Å². The summed E-state index contributed by atoms with van der Waals surface area (Å²) in [5.74, 6) is -0.219. The van der Waals surface area contributed by atoms with Crippen molar-refractivity contribution in [1.82, 2.24) is 19.7 Å². The topological polar surface area (TPSA) is 86.8 Å². The van der Waals surface area contributed by atoms with Gasteiger partial charge in [0.05, 0.1) is 22.3 Å². The molecule has 7 nitrogen and oxygen atoms in total. The summed E-state index contributed by atoms with van der Waals surface area (Å²) in [6.45, 7) is 4.02. The normalized spacial score (nSPS) is 16.8. The Bertz CT molecular complexity index is 1000. The minimum Gasteiger partial charge on any atom is -0.310 e. The van der Waals surface area contributed by atoms with Crippen LogP contribution in [0, 0.1) is 17.4 Å².